The topological polar surface area (TPSA) is 132 Å². The van der Waals surface area contributed by atoms with Crippen LogP contribution in [0.2, 0.25) is 0 Å². The molecule has 3 aromatic rings. The summed E-state index contributed by atoms with van der Waals surface area (Å²) in [5, 5.41) is 14.5. The van der Waals surface area contributed by atoms with Crippen LogP contribution in [-0.2, 0) is 14.3 Å². The predicted molar refractivity (Wildman–Crippen MR) is 142 cm³/mol. The van der Waals surface area contributed by atoms with Crippen LogP contribution < -0.4 is 21.1 Å². The van der Waals surface area contributed by atoms with E-state index in [0.29, 0.717) is 35.0 Å². The van der Waals surface area contributed by atoms with Crippen molar-refractivity contribution in [2.45, 2.75) is 19.1 Å². The number of aliphatic hydroxyl groups is 1. The Kier molecular flexibility index (Phi) is 10.5. The zero-order valence-corrected chi connectivity index (χ0v) is 20.5. The fourth-order valence-electron chi connectivity index (χ4n) is 3.46. The second-order valence-corrected chi connectivity index (χ2v) is 7.82. The number of nitrogens with one attached hydrogen (secondary N) is 2. The fraction of sp³-hybridized carbons (Fsp3) is 0.214. The molecule has 3 aromatic carbocycles. The smallest absolute Gasteiger partial charge is 0.412 e. The van der Waals surface area contributed by atoms with Crippen molar-refractivity contribution in [3.05, 3.63) is 96.6 Å². The normalized spacial score (nSPS) is 12.5. The van der Waals surface area contributed by atoms with Crippen molar-refractivity contribution >= 4 is 29.1 Å². The molecule has 0 aliphatic carbocycles. The third kappa shape index (κ3) is 8.68. The number of aliphatic hydroxyl groups excluding tert-OH is 1. The first-order chi connectivity index (χ1) is 18.0. The maximum Gasteiger partial charge on any atom is 0.412 e. The zero-order chi connectivity index (χ0) is 26.5. The molecule has 3 rings (SSSR count). The summed E-state index contributed by atoms with van der Waals surface area (Å²) in [6, 6.07) is 22.7. The highest BCUT2D eigenvalue weighted by molar-refractivity contribution is 6.01. The molecule has 0 aliphatic rings. The minimum Gasteiger partial charge on any atom is -0.491 e. The van der Waals surface area contributed by atoms with Crippen LogP contribution >= 0.6 is 0 Å². The average molecular weight is 506 g/mol. The van der Waals surface area contributed by atoms with Crippen molar-refractivity contribution in [1.82, 2.24) is 0 Å². The van der Waals surface area contributed by atoms with Gasteiger partial charge < -0.3 is 30.4 Å². The Morgan fingerprint density at radius 3 is 2.49 bits per heavy atom. The van der Waals surface area contributed by atoms with Gasteiger partial charge in [-0.2, -0.15) is 0 Å². The molecule has 0 saturated heterocycles. The van der Waals surface area contributed by atoms with E-state index in [4.69, 9.17) is 25.1 Å². The third-order valence-corrected chi connectivity index (χ3v) is 5.11. The Hall–Kier alpha value is -4.34. The summed E-state index contributed by atoms with van der Waals surface area (Å²) in [4.78, 5) is 25.4. The number of nitrogen functional groups attached to an aromatic ring is 1. The van der Waals surface area contributed by atoms with Gasteiger partial charge in [0.05, 0.1) is 18.0 Å². The first kappa shape index (κ1) is 27.3. The lowest BCUT2D eigenvalue weighted by Gasteiger charge is -2.25. The summed E-state index contributed by atoms with van der Waals surface area (Å²) in [6.45, 7) is 2.06. The summed E-state index contributed by atoms with van der Waals surface area (Å²) in [7, 11) is 0. The van der Waals surface area contributed by atoms with Gasteiger partial charge in [-0.05, 0) is 55.0 Å². The number of anilines is 3. The van der Waals surface area contributed by atoms with Gasteiger partial charge in [0.1, 0.15) is 18.5 Å². The highest BCUT2D eigenvalue weighted by atomic mass is 16.6. The third-order valence-electron chi connectivity index (χ3n) is 5.11. The highest BCUT2D eigenvalue weighted by Crippen LogP contribution is 2.29. The lowest BCUT2D eigenvalue weighted by Crippen LogP contribution is -2.28. The molecule has 37 heavy (non-hydrogen) atoms. The standard InChI is InChI=1S/C28H31N3O6/c1-2-35-25(15-16-26(33)31-24-14-7-6-13-23(24)29)27(20-9-8-12-22(19-20)36-18-17-32)37-28(34)30-21-10-4-3-5-11-21/h3-16,19,25,27,32H,2,17-18,29H2,1H3,(H,30,34)(H,31,33)/b16-15+/t25-,27-/m1/s1. The molecule has 2 atom stereocenters. The molecule has 0 radical (unpaired) electrons. The van der Waals surface area contributed by atoms with Crippen molar-refractivity contribution in [1.29, 1.82) is 0 Å². The van der Waals surface area contributed by atoms with E-state index in [0.717, 1.165) is 0 Å². The van der Waals surface area contributed by atoms with Gasteiger partial charge in [0.15, 0.2) is 6.10 Å². The molecule has 2 amide bonds. The summed E-state index contributed by atoms with van der Waals surface area (Å²) < 4.78 is 17.2. The largest absolute Gasteiger partial charge is 0.491 e. The molecule has 9 nitrogen and oxygen atoms in total. The lowest BCUT2D eigenvalue weighted by atomic mass is 10.0. The Bertz CT molecular complexity index is 1190. The number of amides is 2. The molecular formula is C28H31N3O6. The number of hydrogen-bond donors (Lipinski definition) is 4. The van der Waals surface area contributed by atoms with Gasteiger partial charge in [-0.15, -0.1) is 0 Å². The number of rotatable bonds is 12. The minimum atomic E-state index is -0.924. The lowest BCUT2D eigenvalue weighted by molar-refractivity contribution is -0.112. The number of carbonyl (C=O) groups excluding carboxylic acids is 2. The van der Waals surface area contributed by atoms with Crippen LogP contribution in [0.5, 0.6) is 5.75 Å². The van der Waals surface area contributed by atoms with Crippen LogP contribution in [0, 0.1) is 0 Å². The molecule has 0 aliphatic heterocycles. The Balaban J connectivity index is 1.85. The van der Waals surface area contributed by atoms with Gasteiger partial charge in [0.25, 0.3) is 0 Å². The maximum atomic E-state index is 12.8. The fourth-order valence-corrected chi connectivity index (χ4v) is 3.46. The number of nitrogens with two attached hydrogens (primary N) is 1. The Labute approximate surface area is 215 Å². The summed E-state index contributed by atoms with van der Waals surface area (Å²) in [5.41, 5.74) is 7.97. The summed E-state index contributed by atoms with van der Waals surface area (Å²) in [5.74, 6) is 0.0651. The van der Waals surface area contributed by atoms with Crippen molar-refractivity contribution in [2.24, 2.45) is 0 Å². The van der Waals surface area contributed by atoms with Crippen LogP contribution in [0.15, 0.2) is 91.0 Å². The molecule has 0 unspecified atom stereocenters. The van der Waals surface area contributed by atoms with Crippen LogP contribution in [-0.4, -0.2) is 43.0 Å². The van der Waals surface area contributed by atoms with E-state index >= 15 is 0 Å². The molecular weight excluding hydrogens is 474 g/mol. The molecule has 9 heteroatoms. The van der Waals surface area contributed by atoms with Crippen molar-refractivity contribution < 1.29 is 28.9 Å². The van der Waals surface area contributed by atoms with E-state index in [9.17, 15) is 9.59 Å². The van der Waals surface area contributed by atoms with Gasteiger partial charge in [0.2, 0.25) is 5.91 Å². The van der Waals surface area contributed by atoms with Crippen molar-refractivity contribution in [2.75, 3.05) is 36.2 Å². The average Bonchev–Trinajstić information content (AvgIpc) is 2.90. The number of benzene rings is 3. The van der Waals surface area contributed by atoms with E-state index in [2.05, 4.69) is 10.6 Å². The SMILES string of the molecule is CCO[C@H](/C=C/C(=O)Nc1ccccc1N)[C@H](OC(=O)Nc1ccccc1)c1cccc(OCCO)c1. The van der Waals surface area contributed by atoms with Gasteiger partial charge in [0, 0.05) is 18.4 Å². The molecule has 0 spiro atoms. The molecule has 0 bridgehead atoms. The molecule has 0 fully saturated rings. The first-order valence-corrected chi connectivity index (χ1v) is 11.8. The molecule has 0 saturated carbocycles. The monoisotopic (exact) mass is 505 g/mol. The van der Waals surface area contributed by atoms with Gasteiger partial charge in [-0.25, -0.2) is 4.79 Å². The number of hydrogen-bond acceptors (Lipinski definition) is 7. The van der Waals surface area contributed by atoms with Gasteiger partial charge in [-0.3, -0.25) is 10.1 Å². The number of ether oxygens (including phenoxy) is 3. The van der Waals surface area contributed by atoms with Crippen LogP contribution in [0.3, 0.4) is 0 Å². The quantitative estimate of drug-likeness (QED) is 0.210. The molecule has 5 N–H and O–H groups in total. The van der Waals surface area contributed by atoms with Crippen LogP contribution in [0.4, 0.5) is 21.9 Å². The molecule has 0 heterocycles. The van der Waals surface area contributed by atoms with Crippen LogP contribution in [0.25, 0.3) is 0 Å². The second kappa shape index (κ2) is 14.3. The van der Waals surface area contributed by atoms with E-state index in [1.807, 2.05) is 6.07 Å². The highest BCUT2D eigenvalue weighted by Gasteiger charge is 2.27. The van der Waals surface area contributed by atoms with Crippen molar-refractivity contribution in [3.8, 4) is 5.75 Å². The zero-order valence-electron chi connectivity index (χ0n) is 20.5. The van der Waals surface area contributed by atoms with E-state index in [-0.39, 0.29) is 13.2 Å². The van der Waals surface area contributed by atoms with E-state index in [1.54, 1.807) is 79.7 Å². The van der Waals surface area contributed by atoms with Crippen LogP contribution in [0.1, 0.15) is 18.6 Å². The Morgan fingerprint density at radius 2 is 1.76 bits per heavy atom. The minimum absolute atomic E-state index is 0.112. The second-order valence-electron chi connectivity index (χ2n) is 7.82. The van der Waals surface area contributed by atoms with Crippen molar-refractivity contribution in [3.63, 3.8) is 0 Å². The maximum absolute atomic E-state index is 12.8. The summed E-state index contributed by atoms with van der Waals surface area (Å²) in [6.07, 6.45) is 0.410. The van der Waals surface area contributed by atoms with E-state index in [1.165, 1.54) is 12.2 Å². The number of para-hydroxylation sites is 3. The van der Waals surface area contributed by atoms with Gasteiger partial charge >= 0.3 is 6.09 Å². The molecule has 194 valence electrons. The summed E-state index contributed by atoms with van der Waals surface area (Å²) >= 11 is 0. The molecule has 0 aromatic heterocycles. The predicted octanol–water partition coefficient (Wildman–Crippen LogP) is 4.53. The first-order valence-electron chi connectivity index (χ1n) is 11.8. The Morgan fingerprint density at radius 1 is 1.00 bits per heavy atom. The number of carbonyl (C=O) groups is 2. The van der Waals surface area contributed by atoms with Gasteiger partial charge in [-0.1, -0.05) is 42.5 Å². The van der Waals surface area contributed by atoms with E-state index < -0.39 is 24.2 Å².